The third-order valence-corrected chi connectivity index (χ3v) is 48.9. The summed E-state index contributed by atoms with van der Waals surface area (Å²) in [5.74, 6) is 0. The molecule has 0 nitrogen and oxygen atoms in total. The molecular weight excluding hydrogens is 244 g/mol. The molecule has 2 rings (SSSR count). The second kappa shape index (κ2) is 3.21. The SMILES string of the molecule is C[Si](C)(C)[Si]12CC[Si]([Si](C)(C)C)(CC1)C2. The van der Waals surface area contributed by atoms with Crippen LogP contribution in [0.4, 0.5) is 0 Å². The minimum atomic E-state index is -0.763. The van der Waals surface area contributed by atoms with E-state index in [1.54, 1.807) is 24.2 Å². The highest BCUT2D eigenvalue weighted by atomic mass is 29.3. The maximum Gasteiger partial charge on any atom is 0.0438 e. The Morgan fingerprint density at radius 3 is 1.00 bits per heavy atom. The van der Waals surface area contributed by atoms with Crippen molar-refractivity contribution < 1.29 is 0 Å². The van der Waals surface area contributed by atoms with Crippen molar-refractivity contribution in [3.8, 4) is 0 Å². The van der Waals surface area contributed by atoms with Crippen LogP contribution < -0.4 is 0 Å². The molecule has 2 saturated heterocycles. The molecule has 0 amide bonds. The minimum absolute atomic E-state index is 0.681. The summed E-state index contributed by atoms with van der Waals surface area (Å²) in [6.07, 6.45) is 0. The molecule has 0 N–H and O–H groups in total. The van der Waals surface area contributed by atoms with E-state index < -0.39 is 30.4 Å². The van der Waals surface area contributed by atoms with Gasteiger partial charge in [-0.1, -0.05) is 69.1 Å². The number of fused-ring (bicyclic) bond motifs is 2. The molecule has 0 spiro atoms. The van der Waals surface area contributed by atoms with Crippen LogP contribution in [-0.4, -0.2) is 30.4 Å². The fraction of sp³-hybridized carbons (Fsp3) is 1.00. The van der Waals surface area contributed by atoms with Crippen molar-refractivity contribution in [2.24, 2.45) is 0 Å². The van der Waals surface area contributed by atoms with Gasteiger partial charge < -0.3 is 0 Å². The third-order valence-electron chi connectivity index (χ3n) is 6.02. The Hall–Kier alpha value is 0.868. The smallest absolute Gasteiger partial charge is 0.0438 e. The predicted molar refractivity (Wildman–Crippen MR) is 82.2 cm³/mol. The van der Waals surface area contributed by atoms with Crippen LogP contribution in [0, 0.1) is 0 Å². The molecule has 0 saturated carbocycles. The zero-order chi connectivity index (χ0) is 11.5. The number of hydrogen-bond donors (Lipinski definition) is 0. The fourth-order valence-corrected chi connectivity index (χ4v) is 58.4. The van der Waals surface area contributed by atoms with Gasteiger partial charge in [-0.25, -0.2) is 0 Å². The Labute approximate surface area is 99.5 Å². The van der Waals surface area contributed by atoms with E-state index in [1.807, 2.05) is 5.67 Å². The van der Waals surface area contributed by atoms with Crippen molar-refractivity contribution in [2.75, 3.05) is 0 Å². The molecule has 0 aromatic rings. The van der Waals surface area contributed by atoms with Crippen molar-refractivity contribution in [3.05, 3.63) is 0 Å². The van der Waals surface area contributed by atoms with E-state index in [0.29, 0.717) is 0 Å². The largest absolute Gasteiger partial charge is 0.0715 e. The Kier molecular flexibility index (Phi) is 2.63. The van der Waals surface area contributed by atoms with Gasteiger partial charge in [0.1, 0.15) is 0 Å². The lowest BCUT2D eigenvalue weighted by molar-refractivity contribution is 1.21. The Balaban J connectivity index is 2.29. The first-order chi connectivity index (χ1) is 6.62. The third kappa shape index (κ3) is 1.63. The molecule has 0 aromatic carbocycles. The van der Waals surface area contributed by atoms with Crippen LogP contribution in [0.25, 0.3) is 0 Å². The van der Waals surface area contributed by atoms with Gasteiger partial charge in [-0.15, -0.1) is 0 Å². The van der Waals surface area contributed by atoms with E-state index in [-0.39, 0.29) is 0 Å². The van der Waals surface area contributed by atoms with Gasteiger partial charge in [-0.05, 0) is 0 Å². The molecule has 88 valence electrons. The first-order valence-corrected chi connectivity index (χ1v) is 20.9. The first kappa shape index (κ1) is 12.3. The van der Waals surface area contributed by atoms with E-state index in [4.69, 9.17) is 0 Å². The molecule has 4 heteroatoms. The highest BCUT2D eigenvalue weighted by molar-refractivity contribution is 7.55. The summed E-state index contributed by atoms with van der Waals surface area (Å²) in [5, 5.41) is 0. The molecule has 0 atom stereocenters. The van der Waals surface area contributed by atoms with Gasteiger partial charge in [0, 0.05) is 30.4 Å². The molecular formula is C11H28Si4. The molecule has 2 aliphatic heterocycles. The van der Waals surface area contributed by atoms with Gasteiger partial charge in [0.25, 0.3) is 0 Å². The highest BCUT2D eigenvalue weighted by Crippen LogP contribution is 2.57. The van der Waals surface area contributed by atoms with Crippen LogP contribution in [0.5, 0.6) is 0 Å². The summed E-state index contributed by atoms with van der Waals surface area (Å²) in [7, 11) is -2.89. The van der Waals surface area contributed by atoms with Gasteiger partial charge in [0.15, 0.2) is 0 Å². The Morgan fingerprint density at radius 2 is 0.867 bits per heavy atom. The van der Waals surface area contributed by atoms with Gasteiger partial charge in [-0.3, -0.25) is 0 Å². The molecule has 0 unspecified atom stereocenters. The summed E-state index contributed by atoms with van der Waals surface area (Å²) in [4.78, 5) is 0. The monoisotopic (exact) mass is 272 g/mol. The molecule has 0 aromatic heterocycles. The maximum absolute atomic E-state index is 2.69. The minimum Gasteiger partial charge on any atom is -0.0715 e. The normalized spacial score (nSPS) is 41.2. The zero-order valence-electron chi connectivity index (χ0n) is 11.5. The van der Waals surface area contributed by atoms with E-state index in [9.17, 15) is 0 Å². The van der Waals surface area contributed by atoms with Gasteiger partial charge in [0.2, 0.25) is 0 Å². The molecule has 2 bridgehead atoms. The second-order valence-corrected chi connectivity index (χ2v) is 41.1. The average Bonchev–Trinajstić information content (AvgIpc) is 2.57. The summed E-state index contributed by atoms with van der Waals surface area (Å²) in [6, 6.07) is 7.11. The molecule has 0 radical (unpaired) electrons. The fourth-order valence-electron chi connectivity index (χ4n) is 4.24. The van der Waals surface area contributed by atoms with Crippen molar-refractivity contribution in [1.29, 1.82) is 0 Å². The van der Waals surface area contributed by atoms with E-state index >= 15 is 0 Å². The van der Waals surface area contributed by atoms with Crippen molar-refractivity contribution in [2.45, 2.75) is 69.1 Å². The standard InChI is InChI=1S/C11H28Si4/c1-12(2,3)14-7-9-15(11-14,10-8-14)13(4,5)6/h7-11H2,1-6H3. The van der Waals surface area contributed by atoms with Crippen LogP contribution in [0.1, 0.15) is 0 Å². The summed E-state index contributed by atoms with van der Waals surface area (Å²) >= 11 is 0. The van der Waals surface area contributed by atoms with Crippen molar-refractivity contribution >= 4 is 30.4 Å². The summed E-state index contributed by atoms with van der Waals surface area (Å²) < 4.78 is 0. The predicted octanol–water partition coefficient (Wildman–Crippen LogP) is 4.28. The zero-order valence-corrected chi connectivity index (χ0v) is 15.5. The van der Waals surface area contributed by atoms with E-state index in [0.717, 1.165) is 0 Å². The topological polar surface area (TPSA) is 0 Å². The van der Waals surface area contributed by atoms with E-state index in [2.05, 4.69) is 39.3 Å². The lowest BCUT2D eigenvalue weighted by Crippen LogP contribution is -2.55. The molecule has 2 heterocycles. The van der Waals surface area contributed by atoms with E-state index in [1.165, 1.54) is 0 Å². The average molecular weight is 273 g/mol. The van der Waals surface area contributed by atoms with Gasteiger partial charge in [-0.2, -0.15) is 0 Å². The first-order valence-electron chi connectivity index (χ1n) is 6.62. The lowest BCUT2D eigenvalue weighted by atomic mass is 10.9. The highest BCUT2D eigenvalue weighted by Gasteiger charge is 2.64. The molecule has 15 heavy (non-hydrogen) atoms. The van der Waals surface area contributed by atoms with Crippen LogP contribution in [-0.2, 0) is 0 Å². The Morgan fingerprint density at radius 1 is 0.600 bits per heavy atom. The van der Waals surface area contributed by atoms with Gasteiger partial charge in [0.05, 0.1) is 0 Å². The maximum atomic E-state index is 2.69. The number of hydrogen-bond acceptors (Lipinski definition) is 0. The summed E-state index contributed by atoms with van der Waals surface area (Å²) in [5.41, 5.74) is 1.89. The molecule has 2 fully saturated rings. The Bertz CT molecular complexity index is 235. The van der Waals surface area contributed by atoms with Crippen LogP contribution in [0.2, 0.25) is 69.1 Å². The molecule has 0 aliphatic carbocycles. The van der Waals surface area contributed by atoms with Crippen LogP contribution >= 0.6 is 0 Å². The van der Waals surface area contributed by atoms with Crippen molar-refractivity contribution in [3.63, 3.8) is 0 Å². The summed E-state index contributed by atoms with van der Waals surface area (Å²) in [6.45, 7) is 16.2. The second-order valence-electron chi connectivity index (χ2n) is 8.24. The molecule has 2 aliphatic rings. The lowest BCUT2D eigenvalue weighted by Gasteiger charge is -2.37. The van der Waals surface area contributed by atoms with Crippen LogP contribution in [0.3, 0.4) is 0 Å². The number of rotatable bonds is 2. The van der Waals surface area contributed by atoms with Crippen LogP contribution in [0.15, 0.2) is 0 Å². The van der Waals surface area contributed by atoms with Crippen molar-refractivity contribution in [1.82, 2.24) is 0 Å². The van der Waals surface area contributed by atoms with Gasteiger partial charge >= 0.3 is 0 Å². The quantitative estimate of drug-likeness (QED) is 0.658.